The van der Waals surface area contributed by atoms with E-state index in [0.29, 0.717) is 6.54 Å². The van der Waals surface area contributed by atoms with Crippen LogP contribution in [0.4, 0.5) is 0 Å². The Kier molecular flexibility index (Phi) is 2.86. The lowest BCUT2D eigenvalue weighted by atomic mass is 10.1. The van der Waals surface area contributed by atoms with Crippen LogP contribution in [0, 0.1) is 6.92 Å². The van der Waals surface area contributed by atoms with Crippen molar-refractivity contribution in [3.63, 3.8) is 0 Å². The summed E-state index contributed by atoms with van der Waals surface area (Å²) in [5.41, 5.74) is 6.38. The Bertz CT molecular complexity index is 626. The molecule has 1 aromatic carbocycles. The molecule has 100 valence electrons. The second-order valence-electron chi connectivity index (χ2n) is 5.32. The van der Waals surface area contributed by atoms with Crippen molar-refractivity contribution in [1.82, 2.24) is 4.57 Å². The lowest BCUT2D eigenvalue weighted by Crippen LogP contribution is -2.13. The van der Waals surface area contributed by atoms with E-state index in [-0.39, 0.29) is 6.10 Å². The van der Waals surface area contributed by atoms with Gasteiger partial charge in [0, 0.05) is 24.2 Å². The predicted octanol–water partition coefficient (Wildman–Crippen LogP) is 2.76. The van der Waals surface area contributed by atoms with Crippen LogP contribution in [-0.4, -0.2) is 22.9 Å². The zero-order valence-corrected chi connectivity index (χ0v) is 11.6. The Morgan fingerprint density at radius 3 is 2.79 bits per heavy atom. The molecule has 0 saturated carbocycles. The Labute approximate surface area is 113 Å². The summed E-state index contributed by atoms with van der Waals surface area (Å²) in [4.78, 5) is 0. The van der Waals surface area contributed by atoms with Gasteiger partial charge in [0.05, 0.1) is 18.9 Å². The molecule has 1 N–H and O–H groups in total. The third kappa shape index (κ3) is 1.94. The highest BCUT2D eigenvalue weighted by Gasteiger charge is 2.24. The zero-order valence-electron chi connectivity index (χ0n) is 11.6. The summed E-state index contributed by atoms with van der Waals surface area (Å²) < 4.78 is 7.54. The number of fused-ring (bicyclic) bond motifs is 3. The van der Waals surface area contributed by atoms with E-state index in [1.165, 1.54) is 28.1 Å². The van der Waals surface area contributed by atoms with Crippen molar-refractivity contribution >= 4 is 0 Å². The van der Waals surface area contributed by atoms with Crippen molar-refractivity contribution in [2.24, 2.45) is 0 Å². The molecule has 0 fully saturated rings. The van der Waals surface area contributed by atoms with Gasteiger partial charge in [0.25, 0.3) is 0 Å². The molecule has 1 aromatic heterocycles. The van der Waals surface area contributed by atoms with Crippen LogP contribution < -0.4 is 4.74 Å². The number of nitrogens with zero attached hydrogens (tertiary/aromatic N) is 1. The van der Waals surface area contributed by atoms with Gasteiger partial charge in [-0.05, 0) is 43.2 Å². The number of aliphatic hydroxyl groups is 1. The highest BCUT2D eigenvalue weighted by Crippen LogP contribution is 2.40. The topological polar surface area (TPSA) is 34.4 Å². The van der Waals surface area contributed by atoms with Gasteiger partial charge in [0.1, 0.15) is 5.75 Å². The maximum absolute atomic E-state index is 9.68. The van der Waals surface area contributed by atoms with Crippen LogP contribution in [-0.2, 0) is 13.0 Å². The summed E-state index contributed by atoms with van der Waals surface area (Å²) >= 11 is 0. The number of hydrogen-bond donors (Lipinski definition) is 1. The average Bonchev–Trinajstić information content (AvgIpc) is 2.85. The average molecular weight is 257 g/mol. The molecule has 19 heavy (non-hydrogen) atoms. The Morgan fingerprint density at radius 2 is 2.11 bits per heavy atom. The van der Waals surface area contributed by atoms with Crippen molar-refractivity contribution in [2.45, 2.75) is 32.9 Å². The molecule has 3 nitrogen and oxygen atoms in total. The number of benzene rings is 1. The summed E-state index contributed by atoms with van der Waals surface area (Å²) in [7, 11) is 1.69. The second-order valence-corrected chi connectivity index (χ2v) is 5.32. The smallest absolute Gasteiger partial charge is 0.119 e. The van der Waals surface area contributed by atoms with Crippen LogP contribution in [0.3, 0.4) is 0 Å². The summed E-state index contributed by atoms with van der Waals surface area (Å²) in [6.45, 7) is 4.56. The normalized spacial score (nSPS) is 14.1. The molecule has 3 rings (SSSR count). The number of aliphatic hydroxyl groups excluding tert-OH is 1. The van der Waals surface area contributed by atoms with Crippen LogP contribution in [0.2, 0.25) is 0 Å². The van der Waals surface area contributed by atoms with Gasteiger partial charge in [-0.25, -0.2) is 0 Å². The van der Waals surface area contributed by atoms with Gasteiger partial charge in [-0.2, -0.15) is 0 Å². The third-order valence-corrected chi connectivity index (χ3v) is 3.78. The van der Waals surface area contributed by atoms with E-state index < -0.39 is 0 Å². The fourth-order valence-corrected chi connectivity index (χ4v) is 2.96. The molecule has 2 aromatic rings. The minimum absolute atomic E-state index is 0.343. The maximum atomic E-state index is 9.68. The first-order chi connectivity index (χ1) is 9.10. The van der Waals surface area contributed by atoms with E-state index in [2.05, 4.69) is 29.7 Å². The number of rotatable bonds is 3. The van der Waals surface area contributed by atoms with Crippen LogP contribution in [0.1, 0.15) is 23.7 Å². The van der Waals surface area contributed by atoms with E-state index in [1.807, 2.05) is 13.0 Å². The van der Waals surface area contributed by atoms with E-state index in [9.17, 15) is 5.11 Å². The molecule has 1 unspecified atom stereocenters. The zero-order chi connectivity index (χ0) is 13.6. The molecule has 1 aliphatic carbocycles. The number of hydrogen-bond acceptors (Lipinski definition) is 2. The highest BCUT2D eigenvalue weighted by molar-refractivity contribution is 5.76. The van der Waals surface area contributed by atoms with Gasteiger partial charge in [0.15, 0.2) is 0 Å². The van der Waals surface area contributed by atoms with Crippen LogP contribution in [0.15, 0.2) is 24.3 Å². The van der Waals surface area contributed by atoms with Crippen LogP contribution in [0.25, 0.3) is 11.3 Å². The van der Waals surface area contributed by atoms with Crippen molar-refractivity contribution in [2.75, 3.05) is 7.11 Å². The van der Waals surface area contributed by atoms with Crippen LogP contribution in [0.5, 0.6) is 5.75 Å². The summed E-state index contributed by atoms with van der Waals surface area (Å²) in [5.74, 6) is 0.883. The molecule has 0 radical (unpaired) electrons. The first-order valence-electron chi connectivity index (χ1n) is 6.64. The first-order valence-corrected chi connectivity index (χ1v) is 6.64. The molecule has 1 heterocycles. The van der Waals surface area contributed by atoms with Crippen molar-refractivity contribution in [3.05, 3.63) is 41.1 Å². The Morgan fingerprint density at radius 1 is 1.32 bits per heavy atom. The lowest BCUT2D eigenvalue weighted by molar-refractivity contribution is 0.173. The molecular formula is C16H19NO2. The first kappa shape index (κ1) is 12.3. The van der Waals surface area contributed by atoms with Crippen molar-refractivity contribution in [3.8, 4) is 17.0 Å². The number of aromatic nitrogens is 1. The molecule has 0 bridgehead atoms. The third-order valence-electron chi connectivity index (χ3n) is 3.78. The molecule has 1 atom stereocenters. The molecule has 0 amide bonds. The Balaban J connectivity index is 2.14. The number of ether oxygens (including phenoxy) is 1. The maximum Gasteiger partial charge on any atom is 0.119 e. The lowest BCUT2D eigenvalue weighted by Gasteiger charge is -2.14. The predicted molar refractivity (Wildman–Crippen MR) is 75.6 cm³/mol. The van der Waals surface area contributed by atoms with Gasteiger partial charge in [-0.15, -0.1) is 0 Å². The molecule has 0 saturated heterocycles. The minimum atomic E-state index is -0.343. The largest absolute Gasteiger partial charge is 0.497 e. The quantitative estimate of drug-likeness (QED) is 0.783. The molecule has 0 aliphatic heterocycles. The fourth-order valence-electron chi connectivity index (χ4n) is 2.96. The van der Waals surface area contributed by atoms with Crippen molar-refractivity contribution < 1.29 is 9.84 Å². The summed E-state index contributed by atoms with van der Waals surface area (Å²) in [6.07, 6.45) is 0.632. The van der Waals surface area contributed by atoms with Gasteiger partial charge in [0.2, 0.25) is 0 Å². The molecule has 3 heteroatoms. The number of aryl methyl sites for hydroxylation is 1. The standard InChI is InChI=1S/C16H19NO2/c1-10-6-13-7-12-4-5-14(19-3)8-15(12)16(13)17(10)9-11(2)18/h4-6,8,11,18H,7,9H2,1-3H3. The minimum Gasteiger partial charge on any atom is -0.497 e. The molecular weight excluding hydrogens is 238 g/mol. The number of methoxy groups -OCH3 is 1. The monoisotopic (exact) mass is 257 g/mol. The van der Waals surface area contributed by atoms with E-state index in [1.54, 1.807) is 7.11 Å². The van der Waals surface area contributed by atoms with E-state index >= 15 is 0 Å². The van der Waals surface area contributed by atoms with Gasteiger partial charge in [-0.1, -0.05) is 6.07 Å². The van der Waals surface area contributed by atoms with Gasteiger partial charge < -0.3 is 14.4 Å². The summed E-state index contributed by atoms with van der Waals surface area (Å²) in [6, 6.07) is 8.47. The fraction of sp³-hybridized carbons (Fsp3) is 0.375. The summed E-state index contributed by atoms with van der Waals surface area (Å²) in [5, 5.41) is 9.68. The molecule has 0 spiro atoms. The van der Waals surface area contributed by atoms with Crippen molar-refractivity contribution in [1.29, 1.82) is 0 Å². The van der Waals surface area contributed by atoms with Gasteiger partial charge in [-0.3, -0.25) is 0 Å². The SMILES string of the molecule is COc1ccc2c(c1)-c1c(cc(C)n1CC(C)O)C2. The van der Waals surface area contributed by atoms with E-state index in [4.69, 9.17) is 4.74 Å². The highest BCUT2D eigenvalue weighted by atomic mass is 16.5. The van der Waals surface area contributed by atoms with Gasteiger partial charge >= 0.3 is 0 Å². The van der Waals surface area contributed by atoms with E-state index in [0.717, 1.165) is 12.2 Å². The second kappa shape index (κ2) is 4.42. The van der Waals surface area contributed by atoms with Crippen LogP contribution >= 0.6 is 0 Å². The Hall–Kier alpha value is -1.74. The molecule has 1 aliphatic rings.